The molecular formula is C22H23F3N2O. The molecule has 0 aromatic heterocycles. The first-order valence-electron chi connectivity index (χ1n) is 9.74. The number of hydrogen-bond acceptors (Lipinski definition) is 2. The molecule has 148 valence electrons. The van der Waals surface area contributed by atoms with Crippen LogP contribution in [0.3, 0.4) is 0 Å². The number of nitrogens with zero attached hydrogens (tertiary/aromatic N) is 1. The minimum absolute atomic E-state index is 0.000858. The summed E-state index contributed by atoms with van der Waals surface area (Å²) in [5, 5.41) is 2.74. The van der Waals surface area contributed by atoms with E-state index >= 15 is 0 Å². The van der Waals surface area contributed by atoms with Crippen LogP contribution in [0.2, 0.25) is 0 Å². The van der Waals surface area contributed by atoms with Crippen LogP contribution in [-0.4, -0.2) is 29.9 Å². The second-order valence-corrected chi connectivity index (χ2v) is 7.64. The first-order valence-corrected chi connectivity index (χ1v) is 9.74. The van der Waals surface area contributed by atoms with Gasteiger partial charge in [0.2, 0.25) is 0 Å². The molecular weight excluding hydrogens is 365 g/mol. The van der Waals surface area contributed by atoms with Gasteiger partial charge in [-0.1, -0.05) is 18.6 Å². The van der Waals surface area contributed by atoms with Gasteiger partial charge in [-0.25, -0.2) is 0 Å². The topological polar surface area (TPSA) is 32.3 Å². The number of fused-ring (bicyclic) bond motifs is 1. The second-order valence-electron chi connectivity index (χ2n) is 7.64. The molecule has 0 unspecified atom stereocenters. The van der Waals surface area contributed by atoms with E-state index in [1.54, 1.807) is 0 Å². The maximum atomic E-state index is 12.9. The summed E-state index contributed by atoms with van der Waals surface area (Å²) in [6, 6.07) is 11.0. The van der Waals surface area contributed by atoms with E-state index in [0.29, 0.717) is 5.69 Å². The summed E-state index contributed by atoms with van der Waals surface area (Å²) >= 11 is 0. The van der Waals surface area contributed by atoms with Gasteiger partial charge in [0, 0.05) is 30.4 Å². The Morgan fingerprint density at radius 3 is 2.43 bits per heavy atom. The lowest BCUT2D eigenvalue weighted by molar-refractivity contribution is -0.137. The summed E-state index contributed by atoms with van der Waals surface area (Å²) in [6.07, 6.45) is 1.35. The molecule has 4 rings (SSSR count). The summed E-state index contributed by atoms with van der Waals surface area (Å²) in [4.78, 5) is 15.0. The highest BCUT2D eigenvalue weighted by Gasteiger charge is 2.31. The van der Waals surface area contributed by atoms with Crippen LogP contribution in [0.5, 0.6) is 0 Å². The maximum absolute atomic E-state index is 12.9. The van der Waals surface area contributed by atoms with E-state index in [-0.39, 0.29) is 5.56 Å². The number of alkyl halides is 3. The van der Waals surface area contributed by atoms with Crippen molar-refractivity contribution in [3.05, 3.63) is 64.7 Å². The molecule has 2 aromatic carbocycles. The van der Waals surface area contributed by atoms with Crippen LogP contribution in [0, 0.1) is 0 Å². The zero-order valence-electron chi connectivity index (χ0n) is 15.6. The molecule has 2 aliphatic rings. The number of benzene rings is 2. The number of carbonyl (C=O) groups is 1. The highest BCUT2D eigenvalue weighted by molar-refractivity contribution is 6.04. The SMILES string of the molecule is O=C(Nc1ccc2c(c1)CCN(C1CCC1)CC2)c1cccc(C(F)(F)F)c1. The van der Waals surface area contributed by atoms with Crippen molar-refractivity contribution >= 4 is 11.6 Å². The molecule has 1 N–H and O–H groups in total. The van der Waals surface area contributed by atoms with Crippen LogP contribution in [0.4, 0.5) is 18.9 Å². The van der Waals surface area contributed by atoms with Crippen molar-refractivity contribution < 1.29 is 18.0 Å². The molecule has 1 fully saturated rings. The van der Waals surface area contributed by atoms with Gasteiger partial charge >= 0.3 is 6.18 Å². The minimum atomic E-state index is -4.47. The highest BCUT2D eigenvalue weighted by Crippen LogP contribution is 2.30. The average molecular weight is 388 g/mol. The molecule has 1 amide bonds. The Labute approximate surface area is 162 Å². The van der Waals surface area contributed by atoms with Gasteiger partial charge in [0.1, 0.15) is 0 Å². The van der Waals surface area contributed by atoms with Crippen LogP contribution in [-0.2, 0) is 19.0 Å². The van der Waals surface area contributed by atoms with Crippen molar-refractivity contribution in [2.45, 2.75) is 44.3 Å². The van der Waals surface area contributed by atoms with Gasteiger partial charge in [-0.05, 0) is 67.1 Å². The molecule has 1 heterocycles. The van der Waals surface area contributed by atoms with E-state index in [1.807, 2.05) is 18.2 Å². The number of rotatable bonds is 3. The third-order valence-corrected chi connectivity index (χ3v) is 5.84. The summed E-state index contributed by atoms with van der Waals surface area (Å²) in [7, 11) is 0. The molecule has 0 radical (unpaired) electrons. The van der Waals surface area contributed by atoms with Gasteiger partial charge in [-0.15, -0.1) is 0 Å². The molecule has 3 nitrogen and oxygen atoms in total. The van der Waals surface area contributed by atoms with E-state index in [9.17, 15) is 18.0 Å². The lowest BCUT2D eigenvalue weighted by atomic mass is 9.91. The second kappa shape index (κ2) is 7.59. The third kappa shape index (κ3) is 4.07. The Morgan fingerprint density at radius 1 is 1.00 bits per heavy atom. The first kappa shape index (κ1) is 19.0. The van der Waals surface area contributed by atoms with Crippen molar-refractivity contribution in [1.29, 1.82) is 0 Å². The molecule has 1 aliphatic heterocycles. The minimum Gasteiger partial charge on any atom is -0.322 e. The summed E-state index contributed by atoms with van der Waals surface area (Å²) in [6.45, 7) is 2.08. The zero-order chi connectivity index (χ0) is 19.7. The van der Waals surface area contributed by atoms with Gasteiger partial charge in [0.25, 0.3) is 5.91 Å². The lowest BCUT2D eigenvalue weighted by Gasteiger charge is -2.36. The Morgan fingerprint density at radius 2 is 1.75 bits per heavy atom. The van der Waals surface area contributed by atoms with E-state index < -0.39 is 17.6 Å². The molecule has 2 aromatic rings. The summed E-state index contributed by atoms with van der Waals surface area (Å²) in [5.41, 5.74) is 2.31. The molecule has 1 aliphatic carbocycles. The normalized spacial score (nSPS) is 18.1. The van der Waals surface area contributed by atoms with Crippen molar-refractivity contribution in [3.8, 4) is 0 Å². The van der Waals surface area contributed by atoms with Crippen molar-refractivity contribution in [3.63, 3.8) is 0 Å². The third-order valence-electron chi connectivity index (χ3n) is 5.84. The van der Waals surface area contributed by atoms with Gasteiger partial charge in [-0.3, -0.25) is 9.69 Å². The van der Waals surface area contributed by atoms with Gasteiger partial charge < -0.3 is 5.32 Å². The number of nitrogens with one attached hydrogen (secondary N) is 1. The number of amides is 1. The number of halogens is 3. The fraction of sp³-hybridized carbons (Fsp3) is 0.409. The van der Waals surface area contributed by atoms with Crippen LogP contribution >= 0.6 is 0 Å². The molecule has 0 saturated heterocycles. The van der Waals surface area contributed by atoms with Crippen LogP contribution in [0.1, 0.15) is 46.3 Å². The molecule has 1 saturated carbocycles. The quantitative estimate of drug-likeness (QED) is 0.810. The van der Waals surface area contributed by atoms with E-state index in [2.05, 4.69) is 10.2 Å². The smallest absolute Gasteiger partial charge is 0.322 e. The van der Waals surface area contributed by atoms with Crippen molar-refractivity contribution in [1.82, 2.24) is 4.90 Å². The molecule has 28 heavy (non-hydrogen) atoms. The Hall–Kier alpha value is -2.34. The zero-order valence-corrected chi connectivity index (χ0v) is 15.6. The number of hydrogen-bond donors (Lipinski definition) is 1. The maximum Gasteiger partial charge on any atom is 0.416 e. The molecule has 0 bridgehead atoms. The molecule has 6 heteroatoms. The molecule has 0 spiro atoms. The number of anilines is 1. The van der Waals surface area contributed by atoms with E-state index in [4.69, 9.17) is 0 Å². The van der Waals surface area contributed by atoms with E-state index in [1.165, 1.54) is 42.5 Å². The molecule has 0 atom stereocenters. The predicted molar refractivity (Wildman–Crippen MR) is 102 cm³/mol. The highest BCUT2D eigenvalue weighted by atomic mass is 19.4. The average Bonchev–Trinajstić information content (AvgIpc) is 2.82. The van der Waals surface area contributed by atoms with Gasteiger partial charge in [0.15, 0.2) is 0 Å². The van der Waals surface area contributed by atoms with Gasteiger partial charge in [0.05, 0.1) is 5.56 Å². The van der Waals surface area contributed by atoms with Crippen LogP contribution in [0.15, 0.2) is 42.5 Å². The van der Waals surface area contributed by atoms with Crippen LogP contribution < -0.4 is 5.32 Å². The standard InChI is InChI=1S/C22H23F3N2O/c23-22(24,25)18-4-1-3-17(13-18)21(28)26-19-8-7-15-9-11-27(20-5-2-6-20)12-10-16(15)14-19/h1,3-4,7-8,13-14,20H,2,5-6,9-12H2,(H,26,28). The Balaban J connectivity index is 1.46. The van der Waals surface area contributed by atoms with Gasteiger partial charge in [-0.2, -0.15) is 13.2 Å². The largest absolute Gasteiger partial charge is 0.416 e. The van der Waals surface area contributed by atoms with E-state index in [0.717, 1.165) is 44.1 Å². The van der Waals surface area contributed by atoms with Crippen LogP contribution in [0.25, 0.3) is 0 Å². The fourth-order valence-corrected chi connectivity index (χ4v) is 3.98. The van der Waals surface area contributed by atoms with Crippen molar-refractivity contribution in [2.24, 2.45) is 0 Å². The fourth-order valence-electron chi connectivity index (χ4n) is 3.98. The van der Waals surface area contributed by atoms with Crippen molar-refractivity contribution in [2.75, 3.05) is 18.4 Å². The lowest BCUT2D eigenvalue weighted by Crippen LogP contribution is -2.41. The predicted octanol–water partition coefficient (Wildman–Crippen LogP) is 4.91. The Bertz CT molecular complexity index is 874. The summed E-state index contributed by atoms with van der Waals surface area (Å²) < 4.78 is 38.6. The summed E-state index contributed by atoms with van der Waals surface area (Å²) in [5.74, 6) is -0.532. The Kier molecular flexibility index (Phi) is 5.15. The monoisotopic (exact) mass is 388 g/mol. The first-order chi connectivity index (χ1) is 13.4. The number of carbonyl (C=O) groups excluding carboxylic acids is 1.